The van der Waals surface area contributed by atoms with Crippen molar-refractivity contribution < 1.29 is 9.53 Å². The van der Waals surface area contributed by atoms with E-state index in [4.69, 9.17) is 21.3 Å². The smallest absolute Gasteiger partial charge is 0.409 e. The second-order valence-electron chi connectivity index (χ2n) is 6.83. The number of fused-ring (bicyclic) bond motifs is 1. The predicted octanol–water partition coefficient (Wildman–Crippen LogP) is 3.32. The molecule has 1 amide bonds. The number of aromatic nitrogens is 2. The number of likely N-dealkylation sites (tertiary alicyclic amines) is 1. The molecule has 1 atom stereocenters. The van der Waals surface area contributed by atoms with E-state index in [0.29, 0.717) is 12.6 Å². The molecule has 6 nitrogen and oxygen atoms in total. The van der Waals surface area contributed by atoms with E-state index < -0.39 is 0 Å². The van der Waals surface area contributed by atoms with Crippen molar-refractivity contribution in [1.82, 2.24) is 19.8 Å². The van der Waals surface area contributed by atoms with E-state index in [2.05, 4.69) is 9.88 Å². The Morgan fingerprint density at radius 1 is 1.35 bits per heavy atom. The normalized spacial score (nSPS) is 20.2. The van der Waals surface area contributed by atoms with E-state index in [1.54, 1.807) is 0 Å². The molecular weight excluding hydrogens is 352 g/mol. The molecule has 2 aliphatic heterocycles. The molecule has 1 aromatic heterocycles. The van der Waals surface area contributed by atoms with Crippen LogP contribution in [0.3, 0.4) is 0 Å². The van der Waals surface area contributed by atoms with Crippen LogP contribution in [0.2, 0.25) is 5.02 Å². The van der Waals surface area contributed by atoms with E-state index in [1.807, 2.05) is 36.1 Å². The van der Waals surface area contributed by atoms with Gasteiger partial charge in [0.25, 0.3) is 0 Å². The Kier molecular flexibility index (Phi) is 4.87. The van der Waals surface area contributed by atoms with Crippen molar-refractivity contribution in [1.29, 1.82) is 0 Å². The number of amides is 1. The van der Waals surface area contributed by atoms with Crippen molar-refractivity contribution >= 4 is 17.7 Å². The molecule has 0 bridgehead atoms. The van der Waals surface area contributed by atoms with Crippen LogP contribution in [0.5, 0.6) is 0 Å². The molecule has 1 aromatic carbocycles. The Balaban J connectivity index is 1.44. The third kappa shape index (κ3) is 3.44. The maximum Gasteiger partial charge on any atom is 0.409 e. The van der Waals surface area contributed by atoms with E-state index in [1.165, 1.54) is 5.69 Å². The maximum absolute atomic E-state index is 11.9. The molecule has 0 spiro atoms. The van der Waals surface area contributed by atoms with E-state index in [-0.39, 0.29) is 6.09 Å². The molecule has 7 heteroatoms. The minimum absolute atomic E-state index is 0.195. The highest BCUT2D eigenvalue weighted by Crippen LogP contribution is 2.27. The van der Waals surface area contributed by atoms with Crippen LogP contribution >= 0.6 is 11.6 Å². The Labute approximate surface area is 158 Å². The highest BCUT2D eigenvalue weighted by atomic mass is 35.5. The molecule has 26 heavy (non-hydrogen) atoms. The first kappa shape index (κ1) is 17.4. The lowest BCUT2D eigenvalue weighted by Gasteiger charge is -2.31. The fraction of sp³-hybridized carbons (Fsp3) is 0.474. The number of hydrogen-bond acceptors (Lipinski definition) is 4. The monoisotopic (exact) mass is 374 g/mol. The first-order chi connectivity index (χ1) is 12.6. The van der Waals surface area contributed by atoms with Crippen LogP contribution in [0.25, 0.3) is 11.4 Å². The van der Waals surface area contributed by atoms with Crippen LogP contribution in [0, 0.1) is 0 Å². The summed E-state index contributed by atoms with van der Waals surface area (Å²) in [5.74, 6) is 0.896. The van der Waals surface area contributed by atoms with Gasteiger partial charge in [-0.2, -0.15) is 0 Å². The Hall–Kier alpha value is -2.05. The third-order valence-electron chi connectivity index (χ3n) is 5.18. The number of rotatable bonds is 3. The van der Waals surface area contributed by atoms with Gasteiger partial charge in [0.05, 0.1) is 18.0 Å². The van der Waals surface area contributed by atoms with Crippen molar-refractivity contribution in [3.63, 3.8) is 0 Å². The van der Waals surface area contributed by atoms with Gasteiger partial charge in [0.1, 0.15) is 5.82 Å². The predicted molar refractivity (Wildman–Crippen MR) is 100 cm³/mol. The summed E-state index contributed by atoms with van der Waals surface area (Å²) in [6, 6.07) is 8.12. The van der Waals surface area contributed by atoms with Gasteiger partial charge in [-0.3, -0.25) is 4.90 Å². The highest BCUT2D eigenvalue weighted by molar-refractivity contribution is 6.30. The molecule has 4 rings (SSSR count). The van der Waals surface area contributed by atoms with Gasteiger partial charge in [-0.25, -0.2) is 9.78 Å². The summed E-state index contributed by atoms with van der Waals surface area (Å²) < 4.78 is 5.12. The SMILES string of the molecule is CCOC(=O)N1CC[C@@H](N2CCc3nc(-c4ccc(Cl)cc4)[nH]c3C2)C1. The molecular formula is C19H23ClN4O2. The number of H-pyrrole nitrogens is 1. The Morgan fingerprint density at radius 2 is 2.15 bits per heavy atom. The molecule has 0 unspecified atom stereocenters. The van der Waals surface area contributed by atoms with Crippen molar-refractivity contribution in [2.75, 3.05) is 26.2 Å². The molecule has 1 N–H and O–H groups in total. The highest BCUT2D eigenvalue weighted by Gasteiger charge is 2.33. The number of imidazole rings is 1. The van der Waals surface area contributed by atoms with Gasteiger partial charge in [0.2, 0.25) is 0 Å². The average Bonchev–Trinajstić information content (AvgIpc) is 3.29. The van der Waals surface area contributed by atoms with E-state index in [0.717, 1.165) is 61.1 Å². The van der Waals surface area contributed by atoms with Crippen molar-refractivity contribution in [2.24, 2.45) is 0 Å². The van der Waals surface area contributed by atoms with Crippen LogP contribution in [0.4, 0.5) is 4.79 Å². The minimum atomic E-state index is -0.195. The van der Waals surface area contributed by atoms with Crippen molar-refractivity contribution in [2.45, 2.75) is 32.4 Å². The number of carbonyl (C=O) groups excluding carboxylic acids is 1. The van der Waals surface area contributed by atoms with Gasteiger partial charge in [0.15, 0.2) is 0 Å². The summed E-state index contributed by atoms with van der Waals surface area (Å²) in [4.78, 5) is 24.4. The number of nitrogens with one attached hydrogen (secondary N) is 1. The topological polar surface area (TPSA) is 61.5 Å². The lowest BCUT2D eigenvalue weighted by atomic mass is 10.1. The molecule has 3 heterocycles. The zero-order chi connectivity index (χ0) is 18.1. The number of carbonyl (C=O) groups is 1. The number of hydrogen-bond donors (Lipinski definition) is 1. The summed E-state index contributed by atoms with van der Waals surface area (Å²) in [7, 11) is 0. The molecule has 0 aliphatic carbocycles. The molecule has 1 fully saturated rings. The number of aromatic amines is 1. The van der Waals surface area contributed by atoms with Gasteiger partial charge in [-0.05, 0) is 37.6 Å². The van der Waals surface area contributed by atoms with Crippen LogP contribution in [0.15, 0.2) is 24.3 Å². The van der Waals surface area contributed by atoms with Gasteiger partial charge < -0.3 is 14.6 Å². The molecule has 0 saturated carbocycles. The van der Waals surface area contributed by atoms with Gasteiger partial charge in [0, 0.05) is 49.2 Å². The summed E-state index contributed by atoms with van der Waals surface area (Å²) in [6.07, 6.45) is 1.72. The van der Waals surface area contributed by atoms with E-state index >= 15 is 0 Å². The maximum atomic E-state index is 11.9. The van der Waals surface area contributed by atoms with Gasteiger partial charge in [-0.15, -0.1) is 0 Å². The van der Waals surface area contributed by atoms with Gasteiger partial charge >= 0.3 is 6.09 Å². The molecule has 138 valence electrons. The summed E-state index contributed by atoms with van der Waals surface area (Å²) >= 11 is 5.97. The minimum Gasteiger partial charge on any atom is -0.450 e. The van der Waals surface area contributed by atoms with Crippen LogP contribution in [-0.4, -0.2) is 58.1 Å². The first-order valence-corrected chi connectivity index (χ1v) is 9.51. The number of benzene rings is 1. The molecule has 2 aromatic rings. The lowest BCUT2D eigenvalue weighted by Crippen LogP contribution is -2.41. The second kappa shape index (κ2) is 7.29. The van der Waals surface area contributed by atoms with Crippen LogP contribution in [-0.2, 0) is 17.7 Å². The fourth-order valence-corrected chi connectivity index (χ4v) is 3.92. The lowest BCUT2D eigenvalue weighted by molar-refractivity contribution is 0.109. The van der Waals surface area contributed by atoms with E-state index in [9.17, 15) is 4.79 Å². The summed E-state index contributed by atoms with van der Waals surface area (Å²) in [6.45, 7) is 5.59. The quantitative estimate of drug-likeness (QED) is 0.895. The average molecular weight is 375 g/mol. The zero-order valence-electron chi connectivity index (χ0n) is 14.9. The fourth-order valence-electron chi connectivity index (χ4n) is 3.79. The zero-order valence-corrected chi connectivity index (χ0v) is 15.6. The second-order valence-corrected chi connectivity index (χ2v) is 7.26. The summed E-state index contributed by atoms with van der Waals surface area (Å²) in [5, 5.41) is 0.726. The Morgan fingerprint density at radius 3 is 2.92 bits per heavy atom. The third-order valence-corrected chi connectivity index (χ3v) is 5.44. The number of ether oxygens (including phenoxy) is 1. The molecule has 1 saturated heterocycles. The molecule has 0 radical (unpaired) electrons. The van der Waals surface area contributed by atoms with Crippen LogP contribution < -0.4 is 0 Å². The number of halogens is 1. The van der Waals surface area contributed by atoms with Crippen molar-refractivity contribution in [3.8, 4) is 11.4 Å². The van der Waals surface area contributed by atoms with Gasteiger partial charge in [-0.1, -0.05) is 11.6 Å². The largest absolute Gasteiger partial charge is 0.450 e. The summed E-state index contributed by atoms with van der Waals surface area (Å²) in [5.41, 5.74) is 3.37. The van der Waals surface area contributed by atoms with Crippen LogP contribution in [0.1, 0.15) is 24.7 Å². The van der Waals surface area contributed by atoms with Crippen molar-refractivity contribution in [3.05, 3.63) is 40.7 Å². The Bertz CT molecular complexity index is 789. The molecule has 2 aliphatic rings. The standard InChI is InChI=1S/C19H23ClN4O2/c1-2-26-19(25)24-9-7-15(11-24)23-10-8-16-17(12-23)22-18(21-16)13-3-5-14(20)6-4-13/h3-6,15H,2,7-12H2,1H3,(H,21,22)/t15-/m1/s1. The number of nitrogens with zero attached hydrogens (tertiary/aromatic N) is 3. The first-order valence-electron chi connectivity index (χ1n) is 9.13.